The monoisotopic (exact) mass is 98.0 g/mol. The van der Waals surface area contributed by atoms with Crippen molar-refractivity contribution in [3.05, 3.63) is 12.3 Å². The van der Waals surface area contributed by atoms with E-state index < -0.39 is 0 Å². The molecule has 2 N–H and O–H groups in total. The van der Waals surface area contributed by atoms with E-state index in [9.17, 15) is 4.79 Å². The Bertz CT molecular complexity index is 105. The van der Waals surface area contributed by atoms with Crippen molar-refractivity contribution in [2.24, 2.45) is 0 Å². The molecule has 0 radical (unpaired) electrons. The van der Waals surface area contributed by atoms with Crippen molar-refractivity contribution in [3.63, 3.8) is 0 Å². The molecule has 3 heteroatoms. The van der Waals surface area contributed by atoms with Crippen molar-refractivity contribution in [1.82, 2.24) is 10.6 Å². The largest absolute Gasteiger partial charge is 0.332 e. The minimum absolute atomic E-state index is 0.148. The van der Waals surface area contributed by atoms with Crippen LogP contribution in [0.25, 0.3) is 0 Å². The summed E-state index contributed by atoms with van der Waals surface area (Å²) < 4.78 is 0. The molecule has 38 valence electrons. The number of urea groups is 1. The van der Waals surface area contributed by atoms with Crippen LogP contribution in [0.3, 0.4) is 0 Å². The summed E-state index contributed by atoms with van der Waals surface area (Å²) in [6, 6.07) is -0.148. The second kappa shape index (κ2) is 1.26. The smallest absolute Gasteiger partial charge is 0.319 e. The Balaban J connectivity index is 2.55. The third-order valence-electron chi connectivity index (χ3n) is 0.753. The summed E-state index contributed by atoms with van der Waals surface area (Å²) in [5.74, 6) is 0. The zero-order valence-corrected chi connectivity index (χ0v) is 3.82. The first-order valence-electron chi connectivity index (χ1n) is 2.01. The molecular formula is C4H6N2O. The summed E-state index contributed by atoms with van der Waals surface area (Å²) in [7, 11) is 0. The Morgan fingerprint density at radius 2 is 2.43 bits per heavy atom. The van der Waals surface area contributed by atoms with E-state index in [0.717, 1.165) is 5.70 Å². The summed E-state index contributed by atoms with van der Waals surface area (Å²) >= 11 is 0. The van der Waals surface area contributed by atoms with E-state index >= 15 is 0 Å². The summed E-state index contributed by atoms with van der Waals surface area (Å²) in [5, 5.41) is 4.99. The maximum atomic E-state index is 10.2. The summed E-state index contributed by atoms with van der Waals surface area (Å²) in [6.07, 6.45) is 0. The van der Waals surface area contributed by atoms with Crippen molar-refractivity contribution < 1.29 is 4.79 Å². The predicted molar refractivity (Wildman–Crippen MR) is 25.7 cm³/mol. The standard InChI is InChI=1S/C4H6N2O/c1-3-2-5-4(7)6-3/h1-2H2,(H2,5,6,7). The van der Waals surface area contributed by atoms with Gasteiger partial charge in [0.15, 0.2) is 0 Å². The molecule has 1 aliphatic heterocycles. The number of nitrogens with one attached hydrogen (secondary N) is 2. The molecule has 0 unspecified atom stereocenters. The summed E-state index contributed by atoms with van der Waals surface area (Å²) in [5.41, 5.74) is 0.741. The molecule has 0 bridgehead atoms. The van der Waals surface area contributed by atoms with E-state index in [-0.39, 0.29) is 6.03 Å². The van der Waals surface area contributed by atoms with Crippen LogP contribution in [0.2, 0.25) is 0 Å². The Hall–Kier alpha value is -0.990. The molecule has 1 saturated heterocycles. The first-order valence-corrected chi connectivity index (χ1v) is 2.01. The van der Waals surface area contributed by atoms with Gasteiger partial charge >= 0.3 is 6.03 Å². The highest BCUT2D eigenvalue weighted by Gasteiger charge is 2.08. The number of amides is 2. The van der Waals surface area contributed by atoms with Crippen LogP contribution < -0.4 is 10.6 Å². The highest BCUT2D eigenvalue weighted by Crippen LogP contribution is 1.86. The molecule has 1 fully saturated rings. The van der Waals surface area contributed by atoms with Gasteiger partial charge in [-0.25, -0.2) is 4.79 Å². The fourth-order valence-corrected chi connectivity index (χ4v) is 0.436. The molecule has 2 amide bonds. The van der Waals surface area contributed by atoms with Gasteiger partial charge in [0.05, 0.1) is 6.54 Å². The Morgan fingerprint density at radius 3 is 2.57 bits per heavy atom. The molecule has 0 aromatic carbocycles. The zero-order valence-electron chi connectivity index (χ0n) is 3.82. The van der Waals surface area contributed by atoms with Gasteiger partial charge < -0.3 is 10.6 Å². The topological polar surface area (TPSA) is 41.1 Å². The number of carbonyl (C=O) groups excluding carboxylic acids is 1. The Morgan fingerprint density at radius 1 is 1.71 bits per heavy atom. The molecule has 0 atom stereocenters. The van der Waals surface area contributed by atoms with Crippen LogP contribution in [0, 0.1) is 0 Å². The number of rotatable bonds is 0. The summed E-state index contributed by atoms with van der Waals surface area (Å²) in [4.78, 5) is 10.2. The van der Waals surface area contributed by atoms with Crippen LogP contribution in [-0.2, 0) is 0 Å². The van der Waals surface area contributed by atoms with E-state index in [2.05, 4.69) is 17.2 Å². The summed E-state index contributed by atoms with van der Waals surface area (Å²) in [6.45, 7) is 4.08. The van der Waals surface area contributed by atoms with Gasteiger partial charge in [-0.2, -0.15) is 0 Å². The fraction of sp³-hybridized carbons (Fsp3) is 0.250. The van der Waals surface area contributed by atoms with Crippen molar-refractivity contribution in [1.29, 1.82) is 0 Å². The van der Waals surface area contributed by atoms with E-state index in [1.165, 1.54) is 0 Å². The quantitative estimate of drug-likeness (QED) is 0.433. The van der Waals surface area contributed by atoms with Crippen LogP contribution in [0.1, 0.15) is 0 Å². The molecule has 1 heterocycles. The average molecular weight is 98.1 g/mol. The lowest BCUT2D eigenvalue weighted by atomic mass is 10.5. The van der Waals surface area contributed by atoms with Gasteiger partial charge in [-0.15, -0.1) is 0 Å². The third-order valence-corrected chi connectivity index (χ3v) is 0.753. The lowest BCUT2D eigenvalue weighted by Gasteiger charge is -1.83. The molecule has 7 heavy (non-hydrogen) atoms. The molecular weight excluding hydrogens is 92.1 g/mol. The SMILES string of the molecule is C=C1CNC(=O)N1. The molecule has 0 aliphatic carbocycles. The van der Waals surface area contributed by atoms with Gasteiger partial charge in [-0.05, 0) is 0 Å². The van der Waals surface area contributed by atoms with Crippen molar-refractivity contribution in [2.75, 3.05) is 6.54 Å². The van der Waals surface area contributed by atoms with Crippen LogP contribution in [0.15, 0.2) is 12.3 Å². The van der Waals surface area contributed by atoms with Gasteiger partial charge in [0.25, 0.3) is 0 Å². The minimum atomic E-state index is -0.148. The highest BCUT2D eigenvalue weighted by molar-refractivity contribution is 5.78. The normalized spacial score (nSPS) is 18.9. The molecule has 0 spiro atoms. The lowest BCUT2D eigenvalue weighted by Crippen LogP contribution is -2.19. The average Bonchev–Trinajstić information content (AvgIpc) is 1.87. The lowest BCUT2D eigenvalue weighted by molar-refractivity contribution is 0.249. The van der Waals surface area contributed by atoms with Gasteiger partial charge in [-0.3, -0.25) is 0 Å². The number of hydrogen-bond donors (Lipinski definition) is 2. The van der Waals surface area contributed by atoms with E-state index in [4.69, 9.17) is 0 Å². The molecule has 0 aromatic rings. The van der Waals surface area contributed by atoms with Gasteiger partial charge in [-0.1, -0.05) is 6.58 Å². The first kappa shape index (κ1) is 4.18. The molecule has 1 aliphatic rings. The van der Waals surface area contributed by atoms with Crippen molar-refractivity contribution in [3.8, 4) is 0 Å². The Kier molecular flexibility index (Phi) is 0.749. The predicted octanol–water partition coefficient (Wildman–Crippen LogP) is -0.187. The number of hydrogen-bond acceptors (Lipinski definition) is 1. The van der Waals surface area contributed by atoms with Crippen molar-refractivity contribution >= 4 is 6.03 Å². The molecule has 0 saturated carbocycles. The van der Waals surface area contributed by atoms with Crippen LogP contribution >= 0.6 is 0 Å². The maximum Gasteiger partial charge on any atom is 0.319 e. The van der Waals surface area contributed by atoms with E-state index in [1.807, 2.05) is 0 Å². The molecule has 3 nitrogen and oxygen atoms in total. The highest BCUT2D eigenvalue weighted by atomic mass is 16.2. The third kappa shape index (κ3) is 0.707. The van der Waals surface area contributed by atoms with Crippen LogP contribution in [0.5, 0.6) is 0 Å². The molecule has 0 aromatic heterocycles. The molecule has 1 rings (SSSR count). The first-order chi connectivity index (χ1) is 3.29. The van der Waals surface area contributed by atoms with Gasteiger partial charge in [0, 0.05) is 5.70 Å². The van der Waals surface area contributed by atoms with Crippen LogP contribution in [-0.4, -0.2) is 12.6 Å². The fourth-order valence-electron chi connectivity index (χ4n) is 0.436. The van der Waals surface area contributed by atoms with Crippen LogP contribution in [0.4, 0.5) is 4.79 Å². The second-order valence-electron chi connectivity index (χ2n) is 1.41. The number of carbonyl (C=O) groups is 1. The Labute approximate surface area is 41.4 Å². The zero-order chi connectivity index (χ0) is 5.28. The van der Waals surface area contributed by atoms with Crippen molar-refractivity contribution in [2.45, 2.75) is 0 Å². The van der Waals surface area contributed by atoms with E-state index in [0.29, 0.717) is 6.54 Å². The van der Waals surface area contributed by atoms with Gasteiger partial charge in [0.1, 0.15) is 0 Å². The van der Waals surface area contributed by atoms with Gasteiger partial charge in [0.2, 0.25) is 0 Å². The minimum Gasteiger partial charge on any atom is -0.332 e. The van der Waals surface area contributed by atoms with E-state index in [1.54, 1.807) is 0 Å². The second-order valence-corrected chi connectivity index (χ2v) is 1.41. The maximum absolute atomic E-state index is 10.2.